The van der Waals surface area contributed by atoms with E-state index in [1.54, 1.807) is 6.07 Å². The number of aromatic amines is 1. The van der Waals surface area contributed by atoms with Gasteiger partial charge in [-0.05, 0) is 42.7 Å². The Kier molecular flexibility index (Phi) is 6.09. The van der Waals surface area contributed by atoms with Crippen LogP contribution in [0.4, 0.5) is 0 Å². The quantitative estimate of drug-likeness (QED) is 0.595. The number of H-pyrrole nitrogens is 1. The molecule has 1 fully saturated rings. The number of hydrogen-bond acceptors (Lipinski definition) is 3. The maximum atomic E-state index is 12.5. The molecule has 2 aromatic carbocycles. The van der Waals surface area contributed by atoms with Gasteiger partial charge < -0.3 is 15.0 Å². The molecule has 1 aromatic heterocycles. The van der Waals surface area contributed by atoms with Gasteiger partial charge in [-0.1, -0.05) is 41.4 Å². The van der Waals surface area contributed by atoms with E-state index in [4.69, 9.17) is 27.9 Å². The Morgan fingerprint density at radius 2 is 1.97 bits per heavy atom. The number of carbonyl (C=O) groups excluding carboxylic acids is 1. The van der Waals surface area contributed by atoms with Gasteiger partial charge in [0.2, 0.25) is 5.91 Å². The second-order valence-corrected chi connectivity index (χ2v) is 8.34. The van der Waals surface area contributed by atoms with Gasteiger partial charge in [-0.25, -0.2) is 4.98 Å². The third-order valence-electron chi connectivity index (χ3n) is 5.60. The molecule has 0 atom stereocenters. The highest BCUT2D eigenvalue weighted by Gasteiger charge is 2.36. The fourth-order valence-corrected chi connectivity index (χ4v) is 4.54. The molecule has 2 N–H and O–H groups in total. The molecule has 152 valence electrons. The molecule has 5 nitrogen and oxygen atoms in total. The lowest BCUT2D eigenvalue weighted by Gasteiger charge is -2.38. The Labute approximate surface area is 179 Å². The molecule has 0 bridgehead atoms. The first-order chi connectivity index (χ1) is 14.1. The smallest absolute Gasteiger partial charge is 0.220 e. The zero-order chi connectivity index (χ0) is 20.3. The predicted octanol–water partition coefficient (Wildman–Crippen LogP) is 4.67. The van der Waals surface area contributed by atoms with Crippen LogP contribution in [0, 0.1) is 0 Å². The van der Waals surface area contributed by atoms with Crippen molar-refractivity contribution >= 4 is 40.1 Å². The molecule has 0 radical (unpaired) electrons. The summed E-state index contributed by atoms with van der Waals surface area (Å²) in [5.74, 6) is 0.823. The van der Waals surface area contributed by atoms with Crippen molar-refractivity contribution in [3.63, 3.8) is 0 Å². The minimum absolute atomic E-state index is 0.00130. The molecule has 7 heteroatoms. The topological polar surface area (TPSA) is 67.0 Å². The summed E-state index contributed by atoms with van der Waals surface area (Å²) in [6, 6.07) is 13.4. The molecule has 0 unspecified atom stereocenters. The number of aryl methyl sites for hydroxylation is 1. The second-order valence-electron chi connectivity index (χ2n) is 7.49. The molecule has 1 saturated heterocycles. The number of imidazole rings is 1. The highest BCUT2D eigenvalue weighted by Crippen LogP contribution is 2.39. The second kappa shape index (κ2) is 8.74. The summed E-state index contributed by atoms with van der Waals surface area (Å²) in [6.45, 7) is 1.82. The van der Waals surface area contributed by atoms with Crippen molar-refractivity contribution in [2.24, 2.45) is 0 Å². The monoisotopic (exact) mass is 431 g/mol. The van der Waals surface area contributed by atoms with Gasteiger partial charge in [0.1, 0.15) is 5.82 Å². The lowest BCUT2D eigenvalue weighted by atomic mass is 9.74. The average Bonchev–Trinajstić information content (AvgIpc) is 3.14. The van der Waals surface area contributed by atoms with E-state index in [2.05, 4.69) is 15.3 Å². The molecule has 1 aliphatic rings. The van der Waals surface area contributed by atoms with Crippen LogP contribution in [0.1, 0.15) is 30.7 Å². The number of benzene rings is 2. The van der Waals surface area contributed by atoms with Gasteiger partial charge in [0.15, 0.2) is 0 Å². The summed E-state index contributed by atoms with van der Waals surface area (Å²) < 4.78 is 5.56. The third-order valence-corrected chi connectivity index (χ3v) is 6.15. The lowest BCUT2D eigenvalue weighted by Crippen LogP contribution is -2.44. The number of rotatable bonds is 6. The van der Waals surface area contributed by atoms with Gasteiger partial charge in [-0.3, -0.25) is 4.79 Å². The minimum atomic E-state index is -0.241. The van der Waals surface area contributed by atoms with Crippen LogP contribution in [0.15, 0.2) is 42.5 Å². The standard InChI is InChI=1S/C22H23Cl2N3O2/c23-15-5-6-16(17(24)13-15)22(9-11-29-12-10-22)14-25-21(28)8-7-20-26-18-3-1-2-4-19(18)27-20/h1-6,13H,7-12,14H2,(H,25,28)(H,26,27). The van der Waals surface area contributed by atoms with E-state index in [-0.39, 0.29) is 11.3 Å². The van der Waals surface area contributed by atoms with Gasteiger partial charge >= 0.3 is 0 Å². The molecule has 1 amide bonds. The van der Waals surface area contributed by atoms with E-state index >= 15 is 0 Å². The van der Waals surface area contributed by atoms with Crippen molar-refractivity contribution in [1.82, 2.24) is 15.3 Å². The third kappa shape index (κ3) is 4.58. The number of ether oxygens (including phenoxy) is 1. The number of halogens is 2. The Morgan fingerprint density at radius 1 is 1.17 bits per heavy atom. The minimum Gasteiger partial charge on any atom is -0.381 e. The van der Waals surface area contributed by atoms with Crippen LogP contribution in [0.3, 0.4) is 0 Å². The summed E-state index contributed by atoms with van der Waals surface area (Å²) in [4.78, 5) is 20.3. The Morgan fingerprint density at radius 3 is 2.72 bits per heavy atom. The molecular formula is C22H23Cl2N3O2. The number of aromatic nitrogens is 2. The first kappa shape index (κ1) is 20.2. The van der Waals surface area contributed by atoms with E-state index in [1.165, 1.54) is 0 Å². The molecule has 0 aliphatic carbocycles. The predicted molar refractivity (Wildman–Crippen MR) is 116 cm³/mol. The van der Waals surface area contributed by atoms with Crippen LogP contribution in [-0.2, 0) is 21.4 Å². The lowest BCUT2D eigenvalue weighted by molar-refractivity contribution is -0.121. The first-order valence-electron chi connectivity index (χ1n) is 9.79. The summed E-state index contributed by atoms with van der Waals surface area (Å²) in [6.07, 6.45) is 2.55. The fourth-order valence-electron chi connectivity index (χ4n) is 3.94. The molecule has 0 saturated carbocycles. The number of nitrogens with one attached hydrogen (secondary N) is 2. The van der Waals surface area contributed by atoms with Crippen molar-refractivity contribution in [3.8, 4) is 0 Å². The van der Waals surface area contributed by atoms with Crippen molar-refractivity contribution in [3.05, 3.63) is 63.9 Å². The number of hydrogen-bond donors (Lipinski definition) is 2. The molecule has 29 heavy (non-hydrogen) atoms. The maximum absolute atomic E-state index is 12.5. The number of fused-ring (bicyclic) bond motifs is 1. The van der Waals surface area contributed by atoms with Crippen LogP contribution in [0.5, 0.6) is 0 Å². The van der Waals surface area contributed by atoms with Crippen LogP contribution < -0.4 is 5.32 Å². The SMILES string of the molecule is O=C(CCc1nc2ccccc2[nH]1)NCC1(c2ccc(Cl)cc2Cl)CCOCC1. The van der Waals surface area contributed by atoms with E-state index in [0.717, 1.165) is 35.3 Å². The fraction of sp³-hybridized carbons (Fsp3) is 0.364. The normalized spacial score (nSPS) is 16.1. The van der Waals surface area contributed by atoms with Gasteiger partial charge in [-0.15, -0.1) is 0 Å². The Bertz CT molecular complexity index is 979. The zero-order valence-electron chi connectivity index (χ0n) is 16.0. The van der Waals surface area contributed by atoms with Crippen LogP contribution in [-0.4, -0.2) is 35.6 Å². The highest BCUT2D eigenvalue weighted by molar-refractivity contribution is 6.35. The molecule has 1 aliphatic heterocycles. The van der Waals surface area contributed by atoms with E-state index in [0.29, 0.717) is 42.6 Å². The van der Waals surface area contributed by atoms with Crippen LogP contribution in [0.25, 0.3) is 11.0 Å². The van der Waals surface area contributed by atoms with E-state index in [1.807, 2.05) is 36.4 Å². The van der Waals surface area contributed by atoms with Gasteiger partial charge in [-0.2, -0.15) is 0 Å². The molecular weight excluding hydrogens is 409 g/mol. The van der Waals surface area contributed by atoms with Gasteiger partial charge in [0.25, 0.3) is 0 Å². The summed E-state index contributed by atoms with van der Waals surface area (Å²) in [7, 11) is 0. The summed E-state index contributed by atoms with van der Waals surface area (Å²) in [5.41, 5.74) is 2.68. The summed E-state index contributed by atoms with van der Waals surface area (Å²) in [5, 5.41) is 4.35. The molecule has 2 heterocycles. The Balaban J connectivity index is 1.41. The zero-order valence-corrected chi connectivity index (χ0v) is 17.5. The number of nitrogens with zero attached hydrogens (tertiary/aromatic N) is 1. The van der Waals surface area contributed by atoms with Crippen LogP contribution >= 0.6 is 23.2 Å². The van der Waals surface area contributed by atoms with Crippen molar-refractivity contribution in [1.29, 1.82) is 0 Å². The van der Waals surface area contributed by atoms with Gasteiger partial charge in [0, 0.05) is 48.1 Å². The number of amides is 1. The van der Waals surface area contributed by atoms with E-state index in [9.17, 15) is 4.79 Å². The van der Waals surface area contributed by atoms with Crippen LogP contribution in [0.2, 0.25) is 10.0 Å². The van der Waals surface area contributed by atoms with Crippen molar-refractivity contribution in [2.75, 3.05) is 19.8 Å². The first-order valence-corrected chi connectivity index (χ1v) is 10.5. The number of para-hydroxylation sites is 2. The van der Waals surface area contributed by atoms with Gasteiger partial charge in [0.05, 0.1) is 11.0 Å². The molecule has 0 spiro atoms. The van der Waals surface area contributed by atoms with Crippen molar-refractivity contribution in [2.45, 2.75) is 31.1 Å². The maximum Gasteiger partial charge on any atom is 0.220 e. The van der Waals surface area contributed by atoms with E-state index < -0.39 is 0 Å². The highest BCUT2D eigenvalue weighted by atomic mass is 35.5. The average molecular weight is 432 g/mol. The summed E-state index contributed by atoms with van der Waals surface area (Å²) >= 11 is 12.6. The number of carbonyl (C=O) groups is 1. The Hall–Kier alpha value is -2.08. The molecule has 3 aromatic rings. The van der Waals surface area contributed by atoms with Crippen molar-refractivity contribution < 1.29 is 9.53 Å². The largest absolute Gasteiger partial charge is 0.381 e. The molecule has 4 rings (SSSR count).